The van der Waals surface area contributed by atoms with Gasteiger partial charge in [0.15, 0.2) is 0 Å². The van der Waals surface area contributed by atoms with Crippen LogP contribution in [0.3, 0.4) is 0 Å². The molecule has 4 rings (SSSR count). The number of carbonyl (C=O) groups is 2. The third-order valence-corrected chi connectivity index (χ3v) is 7.22. The molecule has 7 nitrogen and oxygen atoms in total. The number of fused-ring (bicyclic) bond motifs is 1. The van der Waals surface area contributed by atoms with Gasteiger partial charge in [-0.15, -0.1) is 0 Å². The Kier molecular flexibility index (Phi) is 5.51. The van der Waals surface area contributed by atoms with Crippen molar-refractivity contribution < 1.29 is 22.7 Å². The van der Waals surface area contributed by atoms with Gasteiger partial charge in [-0.2, -0.15) is 0 Å². The molecule has 2 aliphatic rings. The number of anilines is 1. The lowest BCUT2D eigenvalue weighted by Crippen LogP contribution is -2.30. The molecule has 1 aliphatic carbocycles. The van der Waals surface area contributed by atoms with Crippen molar-refractivity contribution in [2.45, 2.75) is 37.1 Å². The van der Waals surface area contributed by atoms with Gasteiger partial charge in [0.2, 0.25) is 11.8 Å². The van der Waals surface area contributed by atoms with Crippen LogP contribution >= 0.6 is 0 Å². The molecule has 0 bridgehead atoms. The van der Waals surface area contributed by atoms with Crippen molar-refractivity contribution in [1.29, 1.82) is 0 Å². The van der Waals surface area contributed by atoms with Gasteiger partial charge in [-0.1, -0.05) is 37.1 Å². The lowest BCUT2D eigenvalue weighted by molar-refractivity contribution is -0.140. The van der Waals surface area contributed by atoms with Gasteiger partial charge >= 0.3 is 0 Å². The molecular weight excluding hydrogens is 404 g/mol. The largest absolute Gasteiger partial charge is 0.495 e. The SMILES string of the molecule is COc1ccc(CN2C(=O)[C@@H]3CCCC[C@H]3C2=O)cc1S(=O)(=O)Nc1ccccc1. The Morgan fingerprint density at radius 2 is 1.63 bits per heavy atom. The van der Waals surface area contributed by atoms with Crippen LogP contribution in [-0.4, -0.2) is 32.2 Å². The van der Waals surface area contributed by atoms with E-state index >= 15 is 0 Å². The Balaban J connectivity index is 1.61. The molecule has 0 unspecified atom stereocenters. The Hall–Kier alpha value is -2.87. The second kappa shape index (κ2) is 8.10. The number of nitrogens with zero attached hydrogens (tertiary/aromatic N) is 1. The molecule has 0 aromatic heterocycles. The monoisotopic (exact) mass is 428 g/mol. The van der Waals surface area contributed by atoms with Crippen LogP contribution in [0.1, 0.15) is 31.2 Å². The van der Waals surface area contributed by atoms with E-state index in [1.165, 1.54) is 18.1 Å². The minimum Gasteiger partial charge on any atom is -0.495 e. The molecule has 30 heavy (non-hydrogen) atoms. The number of carbonyl (C=O) groups excluding carboxylic acids is 2. The van der Waals surface area contributed by atoms with E-state index in [-0.39, 0.29) is 40.8 Å². The number of rotatable bonds is 6. The van der Waals surface area contributed by atoms with Gasteiger partial charge in [0.05, 0.1) is 25.5 Å². The molecule has 2 aromatic carbocycles. The fourth-order valence-corrected chi connectivity index (χ4v) is 5.59. The molecule has 8 heteroatoms. The van der Waals surface area contributed by atoms with Gasteiger partial charge in [0.25, 0.3) is 10.0 Å². The Morgan fingerprint density at radius 3 is 2.23 bits per heavy atom. The maximum Gasteiger partial charge on any atom is 0.265 e. The Labute approximate surface area is 176 Å². The first kappa shape index (κ1) is 20.4. The van der Waals surface area contributed by atoms with Crippen LogP contribution in [-0.2, 0) is 26.2 Å². The van der Waals surface area contributed by atoms with Gasteiger partial charge in [-0.25, -0.2) is 8.42 Å². The summed E-state index contributed by atoms with van der Waals surface area (Å²) in [5, 5.41) is 0. The number of amides is 2. The Bertz CT molecular complexity index is 1040. The van der Waals surface area contributed by atoms with E-state index in [9.17, 15) is 18.0 Å². The number of nitrogens with one attached hydrogen (secondary N) is 1. The normalized spacial score (nSPS) is 21.4. The van der Waals surface area contributed by atoms with Crippen molar-refractivity contribution in [1.82, 2.24) is 4.90 Å². The van der Waals surface area contributed by atoms with Crippen molar-refractivity contribution >= 4 is 27.5 Å². The lowest BCUT2D eigenvalue weighted by Gasteiger charge is -2.19. The Morgan fingerprint density at radius 1 is 1.00 bits per heavy atom. The summed E-state index contributed by atoms with van der Waals surface area (Å²) >= 11 is 0. The second-order valence-electron chi connectivity index (χ2n) is 7.72. The van der Waals surface area contributed by atoms with Gasteiger partial charge < -0.3 is 4.74 Å². The van der Waals surface area contributed by atoms with Crippen LogP contribution in [0.4, 0.5) is 5.69 Å². The van der Waals surface area contributed by atoms with Crippen LogP contribution in [0.2, 0.25) is 0 Å². The lowest BCUT2D eigenvalue weighted by atomic mass is 9.81. The summed E-state index contributed by atoms with van der Waals surface area (Å²) in [4.78, 5) is 26.7. The van der Waals surface area contributed by atoms with Crippen LogP contribution in [0.15, 0.2) is 53.4 Å². The maximum atomic E-state index is 13.0. The van der Waals surface area contributed by atoms with Crippen molar-refractivity contribution in [2.24, 2.45) is 11.8 Å². The molecule has 2 aromatic rings. The maximum absolute atomic E-state index is 13.0. The fourth-order valence-electron chi connectivity index (χ4n) is 4.32. The first-order valence-electron chi connectivity index (χ1n) is 10.0. The fraction of sp³-hybridized carbons (Fsp3) is 0.364. The van der Waals surface area contributed by atoms with Gasteiger partial charge in [0.1, 0.15) is 10.6 Å². The molecule has 0 radical (unpaired) electrons. The molecular formula is C22H24N2O5S. The van der Waals surface area contributed by atoms with Crippen LogP contribution in [0.5, 0.6) is 5.75 Å². The number of imide groups is 1. The smallest absolute Gasteiger partial charge is 0.265 e. The molecule has 1 aliphatic heterocycles. The number of hydrogen-bond donors (Lipinski definition) is 1. The minimum atomic E-state index is -3.92. The highest BCUT2D eigenvalue weighted by molar-refractivity contribution is 7.92. The molecule has 1 N–H and O–H groups in total. The summed E-state index contributed by atoms with van der Waals surface area (Å²) in [5.74, 6) is -0.561. The highest BCUT2D eigenvalue weighted by Gasteiger charge is 2.47. The summed E-state index contributed by atoms with van der Waals surface area (Å²) in [7, 11) is -2.53. The summed E-state index contributed by atoms with van der Waals surface area (Å²) in [6.45, 7) is 0.0581. The second-order valence-corrected chi connectivity index (χ2v) is 9.37. The molecule has 0 spiro atoms. The van der Waals surface area contributed by atoms with Crippen molar-refractivity contribution in [3.63, 3.8) is 0 Å². The summed E-state index contributed by atoms with van der Waals surface area (Å²) in [5.41, 5.74) is 0.989. The topological polar surface area (TPSA) is 92.8 Å². The number of sulfonamides is 1. The predicted molar refractivity (Wildman–Crippen MR) is 111 cm³/mol. The molecule has 2 atom stereocenters. The zero-order valence-corrected chi connectivity index (χ0v) is 17.5. The standard InChI is InChI=1S/C22H24N2O5S/c1-29-19-12-11-15(13-20(19)30(27,28)23-16-7-3-2-4-8-16)14-24-21(25)17-9-5-6-10-18(17)22(24)26/h2-4,7-8,11-13,17-18,23H,5-6,9-10,14H2,1H3/t17-,18-/m1/s1. The third kappa shape index (κ3) is 3.79. The third-order valence-electron chi connectivity index (χ3n) is 5.82. The van der Waals surface area contributed by atoms with Crippen molar-refractivity contribution in [3.05, 3.63) is 54.1 Å². The first-order valence-corrected chi connectivity index (χ1v) is 11.5. The summed E-state index contributed by atoms with van der Waals surface area (Å²) in [6.07, 6.45) is 3.41. The molecule has 1 saturated carbocycles. The quantitative estimate of drug-likeness (QED) is 0.714. The van der Waals surface area contributed by atoms with Gasteiger partial charge in [-0.05, 0) is 42.7 Å². The van der Waals surface area contributed by atoms with E-state index in [1.807, 2.05) is 0 Å². The minimum absolute atomic E-state index is 0.0390. The summed E-state index contributed by atoms with van der Waals surface area (Å²) in [6, 6.07) is 13.3. The molecule has 1 saturated heterocycles. The molecule has 158 valence electrons. The highest BCUT2D eigenvalue weighted by Crippen LogP contribution is 2.39. The number of likely N-dealkylation sites (tertiary alicyclic amines) is 1. The molecule has 1 heterocycles. The zero-order chi connectivity index (χ0) is 21.3. The van der Waals surface area contributed by atoms with Crippen molar-refractivity contribution in [2.75, 3.05) is 11.8 Å². The summed E-state index contributed by atoms with van der Waals surface area (Å²) < 4.78 is 33.7. The van der Waals surface area contributed by atoms with Crippen molar-refractivity contribution in [3.8, 4) is 5.75 Å². The number of methoxy groups -OCH3 is 1. The molecule has 2 amide bonds. The van der Waals surface area contributed by atoms with Crippen LogP contribution < -0.4 is 9.46 Å². The van der Waals surface area contributed by atoms with E-state index < -0.39 is 10.0 Å². The first-order chi connectivity index (χ1) is 14.4. The average Bonchev–Trinajstić information content (AvgIpc) is 2.99. The van der Waals surface area contributed by atoms with E-state index in [0.29, 0.717) is 11.3 Å². The molecule has 2 fully saturated rings. The number of benzene rings is 2. The van der Waals surface area contributed by atoms with Gasteiger partial charge in [-0.3, -0.25) is 19.2 Å². The average molecular weight is 429 g/mol. The van der Waals surface area contributed by atoms with Gasteiger partial charge in [0, 0.05) is 5.69 Å². The van der Waals surface area contributed by atoms with Crippen LogP contribution in [0.25, 0.3) is 0 Å². The van der Waals surface area contributed by atoms with E-state index in [2.05, 4.69) is 4.72 Å². The number of hydrogen-bond acceptors (Lipinski definition) is 5. The predicted octanol–water partition coefficient (Wildman–Crippen LogP) is 3.17. The zero-order valence-electron chi connectivity index (χ0n) is 16.7. The van der Waals surface area contributed by atoms with Crippen LogP contribution in [0, 0.1) is 11.8 Å². The number of para-hydroxylation sites is 1. The number of ether oxygens (including phenoxy) is 1. The van der Waals surface area contributed by atoms with E-state index in [0.717, 1.165) is 25.7 Å². The van der Waals surface area contributed by atoms with E-state index in [1.54, 1.807) is 42.5 Å². The van der Waals surface area contributed by atoms with E-state index in [4.69, 9.17) is 4.74 Å². The highest BCUT2D eigenvalue weighted by atomic mass is 32.2.